The zero-order chi connectivity index (χ0) is 22.5. The van der Waals surface area contributed by atoms with Crippen LogP contribution in [0.5, 0.6) is 11.5 Å². The van der Waals surface area contributed by atoms with Crippen LogP contribution in [0.1, 0.15) is 15.9 Å². The summed E-state index contributed by atoms with van der Waals surface area (Å²) in [4.78, 5) is 23.9. The largest absolute Gasteiger partial charge is 0.493 e. The molecule has 162 valence electrons. The molecule has 0 aromatic heterocycles. The Kier molecular flexibility index (Phi) is 7.43. The summed E-state index contributed by atoms with van der Waals surface area (Å²) in [6, 6.07) is 5.54. The highest BCUT2D eigenvalue weighted by Gasteiger charge is 2.31. The molecule has 12 heteroatoms. The van der Waals surface area contributed by atoms with Crippen molar-refractivity contribution in [1.29, 1.82) is 0 Å². The van der Waals surface area contributed by atoms with Crippen LogP contribution < -0.4 is 14.8 Å². The summed E-state index contributed by atoms with van der Waals surface area (Å²) < 4.78 is 76.7. The van der Waals surface area contributed by atoms with Crippen LogP contribution in [-0.4, -0.2) is 32.2 Å². The number of amides is 1. The summed E-state index contributed by atoms with van der Waals surface area (Å²) in [5, 5.41) is 1.96. The van der Waals surface area contributed by atoms with Gasteiger partial charge in [-0.2, -0.15) is 22.0 Å². The van der Waals surface area contributed by atoms with Gasteiger partial charge in [0.1, 0.15) is 0 Å². The number of halogens is 6. The summed E-state index contributed by atoms with van der Waals surface area (Å²) in [7, 11) is 1.16. The van der Waals surface area contributed by atoms with Gasteiger partial charge < -0.3 is 19.5 Å². The van der Waals surface area contributed by atoms with Crippen molar-refractivity contribution >= 4 is 29.2 Å². The molecule has 6 nitrogen and oxygen atoms in total. The van der Waals surface area contributed by atoms with E-state index >= 15 is 0 Å². The second-order valence-electron chi connectivity index (χ2n) is 5.56. The van der Waals surface area contributed by atoms with E-state index in [9.17, 15) is 31.5 Å². The van der Waals surface area contributed by atoms with E-state index in [1.807, 2.05) is 0 Å². The minimum absolute atomic E-state index is 0.140. The lowest BCUT2D eigenvalue weighted by atomic mass is 10.2. The Morgan fingerprint density at radius 2 is 1.80 bits per heavy atom. The number of carbonyl (C=O) groups is 2. The predicted octanol–water partition coefficient (Wildman–Crippen LogP) is 4.76. The number of methoxy groups -OCH3 is 1. The first-order valence-electron chi connectivity index (χ1n) is 7.98. The van der Waals surface area contributed by atoms with E-state index in [-0.39, 0.29) is 27.8 Å². The maximum absolute atomic E-state index is 12.8. The first-order valence-corrected chi connectivity index (χ1v) is 8.35. The summed E-state index contributed by atoms with van der Waals surface area (Å²) >= 11 is 5.76. The standard InChI is InChI=1S/C18H13ClF5NO5/c1-28-14-6-9(2-5-13(14)30-17(20)21)16(27)29-8-15(26)25-12-7-10(18(22,23)24)3-4-11(12)19/h2-7,17H,8H2,1H3,(H,25,26). The number of hydrogen-bond acceptors (Lipinski definition) is 5. The molecule has 2 aromatic rings. The van der Waals surface area contributed by atoms with Crippen LogP contribution in [0.25, 0.3) is 0 Å². The van der Waals surface area contributed by atoms with Crippen LogP contribution >= 0.6 is 11.6 Å². The van der Waals surface area contributed by atoms with Crippen molar-refractivity contribution in [3.05, 3.63) is 52.5 Å². The van der Waals surface area contributed by atoms with Gasteiger partial charge in [-0.1, -0.05) is 11.6 Å². The third kappa shape index (κ3) is 6.21. The molecule has 0 aliphatic rings. The summed E-state index contributed by atoms with van der Waals surface area (Å²) in [5.74, 6) is -2.46. The highest BCUT2D eigenvalue weighted by atomic mass is 35.5. The number of anilines is 1. The first kappa shape index (κ1) is 23.2. The highest BCUT2D eigenvalue weighted by molar-refractivity contribution is 6.33. The van der Waals surface area contributed by atoms with E-state index in [1.165, 1.54) is 0 Å². The molecule has 0 aliphatic carbocycles. The van der Waals surface area contributed by atoms with Gasteiger partial charge in [-0.15, -0.1) is 0 Å². The second-order valence-corrected chi connectivity index (χ2v) is 5.97. The SMILES string of the molecule is COc1cc(C(=O)OCC(=O)Nc2cc(C(F)(F)F)ccc2Cl)ccc1OC(F)F. The van der Waals surface area contributed by atoms with Crippen LogP contribution in [0.15, 0.2) is 36.4 Å². The Morgan fingerprint density at radius 3 is 2.40 bits per heavy atom. The lowest BCUT2D eigenvalue weighted by molar-refractivity contribution is -0.137. The van der Waals surface area contributed by atoms with Gasteiger partial charge in [0, 0.05) is 0 Å². The minimum Gasteiger partial charge on any atom is -0.493 e. The molecular weight excluding hydrogens is 441 g/mol. The predicted molar refractivity (Wildman–Crippen MR) is 95.0 cm³/mol. The molecule has 0 saturated heterocycles. The van der Waals surface area contributed by atoms with Crippen LogP contribution in [0.3, 0.4) is 0 Å². The van der Waals surface area contributed by atoms with Crippen molar-refractivity contribution < 1.29 is 45.8 Å². The molecule has 0 radical (unpaired) electrons. The van der Waals surface area contributed by atoms with Crippen molar-refractivity contribution in [3.8, 4) is 11.5 Å². The average molecular weight is 454 g/mol. The molecule has 0 atom stereocenters. The Morgan fingerprint density at radius 1 is 1.10 bits per heavy atom. The van der Waals surface area contributed by atoms with E-state index in [0.717, 1.165) is 37.4 Å². The monoisotopic (exact) mass is 453 g/mol. The van der Waals surface area contributed by atoms with Crippen molar-refractivity contribution in [2.24, 2.45) is 0 Å². The van der Waals surface area contributed by atoms with Gasteiger partial charge in [-0.05, 0) is 36.4 Å². The molecule has 1 amide bonds. The first-order chi connectivity index (χ1) is 14.0. The number of esters is 1. The minimum atomic E-state index is -4.64. The summed E-state index contributed by atoms with van der Waals surface area (Å²) in [5.41, 5.74) is -1.49. The third-order valence-electron chi connectivity index (χ3n) is 3.52. The molecule has 0 bridgehead atoms. The van der Waals surface area contributed by atoms with E-state index in [4.69, 9.17) is 21.1 Å². The molecule has 0 unspecified atom stereocenters. The van der Waals surface area contributed by atoms with Crippen LogP contribution in [0.2, 0.25) is 5.02 Å². The zero-order valence-electron chi connectivity index (χ0n) is 15.1. The lowest BCUT2D eigenvalue weighted by Crippen LogP contribution is -2.21. The average Bonchev–Trinajstić information content (AvgIpc) is 2.66. The normalized spacial score (nSPS) is 11.2. The van der Waals surface area contributed by atoms with E-state index in [0.29, 0.717) is 6.07 Å². The van der Waals surface area contributed by atoms with Gasteiger partial charge in [0.05, 0.1) is 28.9 Å². The smallest absolute Gasteiger partial charge is 0.416 e. The number of rotatable bonds is 7. The Labute approximate surface area is 171 Å². The fourth-order valence-corrected chi connectivity index (χ4v) is 2.35. The zero-order valence-corrected chi connectivity index (χ0v) is 15.8. The Hall–Kier alpha value is -3.08. The number of ether oxygens (including phenoxy) is 3. The second kappa shape index (κ2) is 9.61. The van der Waals surface area contributed by atoms with Gasteiger partial charge in [0.25, 0.3) is 5.91 Å². The maximum Gasteiger partial charge on any atom is 0.416 e. The Balaban J connectivity index is 2.02. The molecule has 0 fully saturated rings. The van der Waals surface area contributed by atoms with Crippen LogP contribution in [0, 0.1) is 0 Å². The van der Waals surface area contributed by atoms with Gasteiger partial charge in [-0.3, -0.25) is 4.79 Å². The van der Waals surface area contributed by atoms with Gasteiger partial charge in [0.15, 0.2) is 18.1 Å². The molecule has 0 heterocycles. The van der Waals surface area contributed by atoms with Gasteiger partial charge in [-0.25, -0.2) is 4.79 Å². The Bertz CT molecular complexity index is 936. The molecule has 2 rings (SSSR count). The maximum atomic E-state index is 12.8. The molecule has 0 aliphatic heterocycles. The number of benzene rings is 2. The van der Waals surface area contributed by atoms with Crippen molar-refractivity contribution in [2.75, 3.05) is 19.0 Å². The number of alkyl halides is 5. The topological polar surface area (TPSA) is 73.9 Å². The molecule has 0 spiro atoms. The summed E-state index contributed by atoms with van der Waals surface area (Å²) in [6.07, 6.45) is -4.64. The van der Waals surface area contributed by atoms with Crippen LogP contribution in [0.4, 0.5) is 27.6 Å². The summed E-state index contributed by atoms with van der Waals surface area (Å²) in [6.45, 7) is -3.95. The molecular formula is C18H13ClF5NO5. The number of hydrogen-bond donors (Lipinski definition) is 1. The van der Waals surface area contributed by atoms with Gasteiger partial charge in [0.2, 0.25) is 0 Å². The van der Waals surface area contributed by atoms with Crippen molar-refractivity contribution in [3.63, 3.8) is 0 Å². The van der Waals surface area contributed by atoms with Crippen molar-refractivity contribution in [2.45, 2.75) is 12.8 Å². The van der Waals surface area contributed by atoms with E-state index in [2.05, 4.69) is 10.1 Å². The quantitative estimate of drug-likeness (QED) is 0.483. The fourth-order valence-electron chi connectivity index (χ4n) is 2.19. The highest BCUT2D eigenvalue weighted by Crippen LogP contribution is 2.34. The molecule has 30 heavy (non-hydrogen) atoms. The fraction of sp³-hybridized carbons (Fsp3) is 0.222. The molecule has 1 N–H and O–H groups in total. The molecule has 0 saturated carbocycles. The number of carbonyl (C=O) groups excluding carboxylic acids is 2. The van der Waals surface area contributed by atoms with Crippen molar-refractivity contribution in [1.82, 2.24) is 0 Å². The molecule has 2 aromatic carbocycles. The van der Waals surface area contributed by atoms with E-state index in [1.54, 1.807) is 0 Å². The van der Waals surface area contributed by atoms with Gasteiger partial charge >= 0.3 is 18.8 Å². The lowest BCUT2D eigenvalue weighted by Gasteiger charge is -2.12. The van der Waals surface area contributed by atoms with E-state index < -0.39 is 36.8 Å². The van der Waals surface area contributed by atoms with Crippen LogP contribution in [-0.2, 0) is 15.7 Å². The number of nitrogens with one attached hydrogen (secondary N) is 1. The third-order valence-corrected chi connectivity index (χ3v) is 3.85.